The second-order valence-electron chi connectivity index (χ2n) is 4.88. The molecule has 6 heteroatoms. The van der Waals surface area contributed by atoms with Crippen molar-refractivity contribution in [2.24, 2.45) is 0 Å². The quantitative estimate of drug-likeness (QED) is 0.890. The van der Waals surface area contributed by atoms with Gasteiger partial charge < -0.3 is 5.32 Å². The molecule has 0 aliphatic heterocycles. The van der Waals surface area contributed by atoms with Gasteiger partial charge in [0.05, 0.1) is 0 Å². The van der Waals surface area contributed by atoms with E-state index in [0.717, 1.165) is 11.1 Å². The molecule has 1 heterocycles. The van der Waals surface area contributed by atoms with Gasteiger partial charge in [-0.25, -0.2) is 18.1 Å². The van der Waals surface area contributed by atoms with Gasteiger partial charge in [-0.2, -0.15) is 0 Å². The van der Waals surface area contributed by atoms with Crippen LogP contribution in [0.15, 0.2) is 47.5 Å². The van der Waals surface area contributed by atoms with Crippen molar-refractivity contribution in [2.45, 2.75) is 24.8 Å². The van der Waals surface area contributed by atoms with Gasteiger partial charge in [-0.05, 0) is 31.5 Å². The highest BCUT2D eigenvalue weighted by Crippen LogP contribution is 2.17. The number of rotatable bonds is 5. The number of hydrogen-bond acceptors (Lipinski definition) is 4. The first-order chi connectivity index (χ1) is 9.92. The molecule has 112 valence electrons. The molecule has 1 atom stereocenters. The first-order valence-corrected chi connectivity index (χ1v) is 8.13. The number of aryl methyl sites for hydroxylation is 1. The van der Waals surface area contributed by atoms with E-state index in [1.807, 2.05) is 38.1 Å². The third kappa shape index (κ3) is 3.80. The number of hydrogen-bond donors (Lipinski definition) is 2. The van der Waals surface area contributed by atoms with Crippen LogP contribution in [0.3, 0.4) is 0 Å². The molecule has 0 amide bonds. The van der Waals surface area contributed by atoms with Gasteiger partial charge in [0.15, 0.2) is 0 Å². The topological polar surface area (TPSA) is 71.1 Å². The lowest BCUT2D eigenvalue weighted by Crippen LogP contribution is -2.27. The highest BCUT2D eigenvalue weighted by molar-refractivity contribution is 7.89. The molecule has 0 bridgehead atoms. The lowest BCUT2D eigenvalue weighted by molar-refractivity contribution is 0.566. The zero-order valence-corrected chi connectivity index (χ0v) is 13.1. The Morgan fingerprint density at radius 1 is 1.10 bits per heavy atom. The molecule has 2 rings (SSSR count). The van der Waals surface area contributed by atoms with E-state index in [1.54, 1.807) is 13.1 Å². The van der Waals surface area contributed by atoms with Crippen LogP contribution in [0.1, 0.15) is 24.1 Å². The van der Waals surface area contributed by atoms with Gasteiger partial charge in [-0.1, -0.05) is 29.8 Å². The Hall–Kier alpha value is -1.92. The van der Waals surface area contributed by atoms with Gasteiger partial charge in [-0.3, -0.25) is 0 Å². The van der Waals surface area contributed by atoms with Crippen molar-refractivity contribution in [1.82, 2.24) is 9.71 Å². The zero-order chi connectivity index (χ0) is 15.5. The molecule has 0 fully saturated rings. The van der Waals surface area contributed by atoms with Crippen LogP contribution >= 0.6 is 0 Å². The molecule has 2 N–H and O–H groups in total. The molecule has 0 saturated heterocycles. The fourth-order valence-electron chi connectivity index (χ4n) is 1.91. The SMILES string of the molecule is CNc1ccc(S(=O)(=O)NC(C)c2ccc(C)cc2)cn1. The number of nitrogens with one attached hydrogen (secondary N) is 2. The van der Waals surface area contributed by atoms with Crippen LogP contribution in [0.25, 0.3) is 0 Å². The first-order valence-electron chi connectivity index (χ1n) is 6.65. The maximum atomic E-state index is 12.3. The van der Waals surface area contributed by atoms with Crippen molar-refractivity contribution < 1.29 is 8.42 Å². The minimum Gasteiger partial charge on any atom is -0.373 e. The van der Waals surface area contributed by atoms with Crippen LogP contribution in [-0.2, 0) is 10.0 Å². The Morgan fingerprint density at radius 3 is 2.29 bits per heavy atom. The van der Waals surface area contributed by atoms with Gasteiger partial charge in [0.25, 0.3) is 0 Å². The average molecular weight is 305 g/mol. The van der Waals surface area contributed by atoms with Gasteiger partial charge in [0, 0.05) is 19.3 Å². The van der Waals surface area contributed by atoms with E-state index in [4.69, 9.17) is 0 Å². The molecule has 1 aromatic carbocycles. The van der Waals surface area contributed by atoms with Gasteiger partial charge >= 0.3 is 0 Å². The molecule has 2 aromatic rings. The predicted octanol–water partition coefficient (Wildman–Crippen LogP) is 2.47. The summed E-state index contributed by atoms with van der Waals surface area (Å²) >= 11 is 0. The molecule has 21 heavy (non-hydrogen) atoms. The first kappa shape index (κ1) is 15.5. The van der Waals surface area contributed by atoms with E-state index in [0.29, 0.717) is 5.82 Å². The van der Waals surface area contributed by atoms with Crippen molar-refractivity contribution in [2.75, 3.05) is 12.4 Å². The average Bonchev–Trinajstić information content (AvgIpc) is 2.47. The highest BCUT2D eigenvalue weighted by atomic mass is 32.2. The smallest absolute Gasteiger partial charge is 0.242 e. The summed E-state index contributed by atoms with van der Waals surface area (Å²) in [5, 5.41) is 2.85. The second-order valence-corrected chi connectivity index (χ2v) is 6.60. The maximum Gasteiger partial charge on any atom is 0.242 e. The third-order valence-electron chi connectivity index (χ3n) is 3.21. The Labute approximate surface area is 125 Å². The summed E-state index contributed by atoms with van der Waals surface area (Å²) < 4.78 is 27.3. The Balaban J connectivity index is 2.17. The van der Waals surface area contributed by atoms with Crippen molar-refractivity contribution in [3.05, 3.63) is 53.7 Å². The fourth-order valence-corrected chi connectivity index (χ4v) is 3.09. The van der Waals surface area contributed by atoms with E-state index in [9.17, 15) is 8.42 Å². The van der Waals surface area contributed by atoms with E-state index in [-0.39, 0.29) is 10.9 Å². The predicted molar refractivity (Wildman–Crippen MR) is 83.7 cm³/mol. The summed E-state index contributed by atoms with van der Waals surface area (Å²) in [5.74, 6) is 0.625. The van der Waals surface area contributed by atoms with Crippen LogP contribution < -0.4 is 10.0 Å². The molecular weight excluding hydrogens is 286 g/mol. The molecule has 0 radical (unpaired) electrons. The molecule has 1 aromatic heterocycles. The van der Waals surface area contributed by atoms with Crippen LogP contribution in [0, 0.1) is 6.92 Å². The van der Waals surface area contributed by atoms with Crippen molar-refractivity contribution in [3.63, 3.8) is 0 Å². The lowest BCUT2D eigenvalue weighted by Gasteiger charge is -2.15. The molecular formula is C15H19N3O2S. The van der Waals surface area contributed by atoms with E-state index >= 15 is 0 Å². The van der Waals surface area contributed by atoms with Gasteiger partial charge in [-0.15, -0.1) is 0 Å². The van der Waals surface area contributed by atoms with Crippen molar-refractivity contribution in [1.29, 1.82) is 0 Å². The minimum atomic E-state index is -3.58. The fraction of sp³-hybridized carbons (Fsp3) is 0.267. The molecule has 1 unspecified atom stereocenters. The Bertz CT molecular complexity index is 695. The third-order valence-corrected chi connectivity index (χ3v) is 4.74. The molecule has 0 aliphatic rings. The number of aromatic nitrogens is 1. The summed E-state index contributed by atoms with van der Waals surface area (Å²) in [6, 6.07) is 10.6. The van der Waals surface area contributed by atoms with Crippen LogP contribution in [0.5, 0.6) is 0 Å². The molecule has 0 saturated carbocycles. The van der Waals surface area contributed by atoms with Crippen LogP contribution in [0.4, 0.5) is 5.82 Å². The zero-order valence-electron chi connectivity index (χ0n) is 12.3. The van der Waals surface area contributed by atoms with E-state index < -0.39 is 10.0 Å². The van der Waals surface area contributed by atoms with E-state index in [2.05, 4.69) is 15.0 Å². The van der Waals surface area contributed by atoms with Crippen LogP contribution in [-0.4, -0.2) is 20.4 Å². The van der Waals surface area contributed by atoms with E-state index in [1.165, 1.54) is 12.3 Å². The molecule has 0 spiro atoms. The summed E-state index contributed by atoms with van der Waals surface area (Å²) in [6.45, 7) is 3.81. The number of benzene rings is 1. The normalized spacial score (nSPS) is 12.9. The van der Waals surface area contributed by atoms with Gasteiger partial charge in [0.2, 0.25) is 10.0 Å². The highest BCUT2D eigenvalue weighted by Gasteiger charge is 2.18. The summed E-state index contributed by atoms with van der Waals surface area (Å²) in [7, 11) is -1.85. The monoisotopic (exact) mass is 305 g/mol. The standard InChI is InChI=1S/C15H19N3O2S/c1-11-4-6-13(7-5-11)12(2)18-21(19,20)14-8-9-15(16-3)17-10-14/h4-10,12,18H,1-3H3,(H,16,17). The van der Waals surface area contributed by atoms with Crippen molar-refractivity contribution >= 4 is 15.8 Å². The molecule has 5 nitrogen and oxygen atoms in total. The largest absolute Gasteiger partial charge is 0.373 e. The van der Waals surface area contributed by atoms with Crippen LogP contribution in [0.2, 0.25) is 0 Å². The number of pyridine rings is 1. The summed E-state index contributed by atoms with van der Waals surface area (Å²) in [6.07, 6.45) is 1.34. The van der Waals surface area contributed by atoms with Gasteiger partial charge in [0.1, 0.15) is 10.7 Å². The number of sulfonamides is 1. The summed E-state index contributed by atoms with van der Waals surface area (Å²) in [4.78, 5) is 4.18. The number of nitrogens with zero attached hydrogens (tertiary/aromatic N) is 1. The summed E-state index contributed by atoms with van der Waals surface area (Å²) in [5.41, 5.74) is 2.06. The maximum absolute atomic E-state index is 12.3. The minimum absolute atomic E-state index is 0.153. The number of anilines is 1. The Morgan fingerprint density at radius 2 is 1.76 bits per heavy atom. The lowest BCUT2D eigenvalue weighted by atomic mass is 10.1. The Kier molecular flexibility index (Phi) is 4.59. The second kappa shape index (κ2) is 6.24. The molecule has 0 aliphatic carbocycles. The van der Waals surface area contributed by atoms with Crippen molar-refractivity contribution in [3.8, 4) is 0 Å².